The maximum Gasteiger partial charge on any atom is 0.215 e. The fourth-order valence-corrected chi connectivity index (χ4v) is 5.79. The van der Waals surface area contributed by atoms with Gasteiger partial charge in [-0.25, -0.2) is 8.42 Å². The van der Waals surface area contributed by atoms with E-state index in [4.69, 9.17) is 0 Å². The normalized spacial score (nSPS) is 31.4. The lowest BCUT2D eigenvalue weighted by atomic mass is 10.1. The summed E-state index contributed by atoms with van der Waals surface area (Å²) in [5.41, 5.74) is 0. The van der Waals surface area contributed by atoms with Gasteiger partial charge in [0.15, 0.2) is 0 Å². The molecule has 6 heteroatoms. The molecule has 0 spiro atoms. The first-order chi connectivity index (χ1) is 8.62. The third-order valence-corrected chi connectivity index (χ3v) is 7.09. The van der Waals surface area contributed by atoms with Crippen LogP contribution in [-0.2, 0) is 10.0 Å². The SMILES string of the molecule is CCC1CN(S(=O)(=O)CC2CCCCN2)CCS1. The van der Waals surface area contributed by atoms with Crippen LogP contribution in [0.15, 0.2) is 0 Å². The molecule has 2 aliphatic rings. The molecular formula is C12H24N2O2S2. The first-order valence-electron chi connectivity index (χ1n) is 6.94. The standard InChI is InChI=1S/C12H24N2O2S2/c1-2-12-9-14(7-8-17-12)18(15,16)10-11-5-3-4-6-13-11/h11-13H,2-10H2,1H3. The highest BCUT2D eigenvalue weighted by Gasteiger charge is 2.30. The highest BCUT2D eigenvalue weighted by atomic mass is 32.2. The predicted molar refractivity (Wildman–Crippen MR) is 77.5 cm³/mol. The van der Waals surface area contributed by atoms with Crippen molar-refractivity contribution < 1.29 is 8.42 Å². The molecule has 0 bridgehead atoms. The van der Waals surface area contributed by atoms with Crippen molar-refractivity contribution in [1.29, 1.82) is 0 Å². The number of sulfonamides is 1. The number of piperidine rings is 1. The van der Waals surface area contributed by atoms with Gasteiger partial charge in [0.05, 0.1) is 5.75 Å². The summed E-state index contributed by atoms with van der Waals surface area (Å²) in [6.07, 6.45) is 4.38. The summed E-state index contributed by atoms with van der Waals surface area (Å²) in [6, 6.07) is 0.165. The highest BCUT2D eigenvalue weighted by molar-refractivity contribution is 8.00. The molecule has 2 fully saturated rings. The molecule has 2 atom stereocenters. The number of rotatable bonds is 4. The molecule has 0 aromatic carbocycles. The Kier molecular flexibility index (Phi) is 5.35. The van der Waals surface area contributed by atoms with Crippen LogP contribution in [0.2, 0.25) is 0 Å². The summed E-state index contributed by atoms with van der Waals surface area (Å²) >= 11 is 1.91. The maximum atomic E-state index is 12.4. The Morgan fingerprint density at radius 3 is 2.89 bits per heavy atom. The number of thioether (sulfide) groups is 1. The Bertz CT molecular complexity index is 353. The van der Waals surface area contributed by atoms with E-state index in [9.17, 15) is 8.42 Å². The van der Waals surface area contributed by atoms with E-state index < -0.39 is 10.0 Å². The lowest BCUT2D eigenvalue weighted by Crippen LogP contribution is -2.47. The summed E-state index contributed by atoms with van der Waals surface area (Å²) in [7, 11) is -3.07. The van der Waals surface area contributed by atoms with Crippen molar-refractivity contribution in [2.75, 3.05) is 31.1 Å². The van der Waals surface area contributed by atoms with Crippen molar-refractivity contribution in [3.63, 3.8) is 0 Å². The van der Waals surface area contributed by atoms with Crippen molar-refractivity contribution in [3.05, 3.63) is 0 Å². The molecule has 18 heavy (non-hydrogen) atoms. The Balaban J connectivity index is 1.92. The summed E-state index contributed by atoms with van der Waals surface area (Å²) in [5, 5.41) is 3.81. The third kappa shape index (κ3) is 3.85. The minimum Gasteiger partial charge on any atom is -0.313 e. The van der Waals surface area contributed by atoms with Crippen molar-refractivity contribution in [2.45, 2.75) is 43.9 Å². The fraction of sp³-hybridized carbons (Fsp3) is 1.00. The monoisotopic (exact) mass is 292 g/mol. The molecule has 2 saturated heterocycles. The molecule has 2 rings (SSSR count). The molecule has 0 radical (unpaired) electrons. The predicted octanol–water partition coefficient (Wildman–Crippen LogP) is 1.29. The van der Waals surface area contributed by atoms with Crippen molar-refractivity contribution in [1.82, 2.24) is 9.62 Å². The molecule has 4 nitrogen and oxygen atoms in total. The van der Waals surface area contributed by atoms with E-state index >= 15 is 0 Å². The summed E-state index contributed by atoms with van der Waals surface area (Å²) < 4.78 is 26.5. The molecular weight excluding hydrogens is 268 g/mol. The zero-order chi connectivity index (χ0) is 13.0. The smallest absolute Gasteiger partial charge is 0.215 e. The van der Waals surface area contributed by atoms with E-state index in [1.165, 1.54) is 6.42 Å². The number of hydrogen-bond acceptors (Lipinski definition) is 4. The van der Waals surface area contributed by atoms with Crippen LogP contribution in [0.4, 0.5) is 0 Å². The van der Waals surface area contributed by atoms with E-state index in [0.717, 1.165) is 31.6 Å². The Morgan fingerprint density at radius 1 is 1.39 bits per heavy atom. The van der Waals surface area contributed by atoms with E-state index in [0.29, 0.717) is 18.3 Å². The van der Waals surface area contributed by atoms with Gasteiger partial charge in [-0.2, -0.15) is 16.1 Å². The average Bonchev–Trinajstić information content (AvgIpc) is 2.39. The minimum absolute atomic E-state index is 0.165. The zero-order valence-electron chi connectivity index (χ0n) is 11.1. The van der Waals surface area contributed by atoms with Crippen LogP contribution in [0.5, 0.6) is 0 Å². The van der Waals surface area contributed by atoms with Gasteiger partial charge in [0, 0.05) is 30.1 Å². The van der Waals surface area contributed by atoms with Gasteiger partial charge >= 0.3 is 0 Å². The van der Waals surface area contributed by atoms with Crippen LogP contribution in [-0.4, -0.2) is 55.2 Å². The summed E-state index contributed by atoms with van der Waals surface area (Å²) in [4.78, 5) is 0. The van der Waals surface area contributed by atoms with Crippen LogP contribution >= 0.6 is 11.8 Å². The van der Waals surface area contributed by atoms with Gasteiger partial charge in [-0.05, 0) is 25.8 Å². The molecule has 0 aliphatic carbocycles. The van der Waals surface area contributed by atoms with Gasteiger partial charge in [0.2, 0.25) is 10.0 Å². The summed E-state index contributed by atoms with van der Waals surface area (Å²) in [5.74, 6) is 1.23. The molecule has 2 aliphatic heterocycles. The quantitative estimate of drug-likeness (QED) is 0.848. The Labute approximate surface area is 115 Å². The summed E-state index contributed by atoms with van der Waals surface area (Å²) in [6.45, 7) is 4.50. The Morgan fingerprint density at radius 2 is 2.22 bits per heavy atom. The topological polar surface area (TPSA) is 49.4 Å². The van der Waals surface area contributed by atoms with Gasteiger partial charge in [-0.1, -0.05) is 13.3 Å². The van der Waals surface area contributed by atoms with Gasteiger partial charge in [-0.3, -0.25) is 0 Å². The van der Waals surface area contributed by atoms with Crippen LogP contribution in [0.25, 0.3) is 0 Å². The first-order valence-corrected chi connectivity index (χ1v) is 9.60. The third-order valence-electron chi connectivity index (χ3n) is 3.77. The molecule has 0 amide bonds. The van der Waals surface area contributed by atoms with Crippen molar-refractivity contribution >= 4 is 21.8 Å². The van der Waals surface area contributed by atoms with Gasteiger partial charge in [0.1, 0.15) is 0 Å². The van der Waals surface area contributed by atoms with Crippen LogP contribution in [0.1, 0.15) is 32.6 Å². The molecule has 106 valence electrons. The number of nitrogens with one attached hydrogen (secondary N) is 1. The second-order valence-electron chi connectivity index (χ2n) is 5.18. The molecule has 2 unspecified atom stereocenters. The van der Waals surface area contributed by atoms with Crippen molar-refractivity contribution in [2.24, 2.45) is 0 Å². The fourth-order valence-electron chi connectivity index (χ4n) is 2.62. The second-order valence-corrected chi connectivity index (χ2v) is 8.61. The van der Waals surface area contributed by atoms with E-state index in [1.54, 1.807) is 4.31 Å². The molecule has 0 saturated carbocycles. The highest BCUT2D eigenvalue weighted by Crippen LogP contribution is 2.24. The lowest BCUT2D eigenvalue weighted by Gasteiger charge is -2.33. The van der Waals surface area contributed by atoms with Crippen molar-refractivity contribution in [3.8, 4) is 0 Å². The number of nitrogens with zero attached hydrogens (tertiary/aromatic N) is 1. The molecule has 1 N–H and O–H groups in total. The second kappa shape index (κ2) is 6.59. The maximum absolute atomic E-state index is 12.4. The van der Waals surface area contributed by atoms with Gasteiger partial charge in [-0.15, -0.1) is 0 Å². The van der Waals surface area contributed by atoms with E-state index in [-0.39, 0.29) is 11.8 Å². The van der Waals surface area contributed by atoms with Crippen LogP contribution in [0, 0.1) is 0 Å². The minimum atomic E-state index is -3.07. The molecule has 0 aromatic heterocycles. The average molecular weight is 292 g/mol. The van der Waals surface area contributed by atoms with Gasteiger partial charge in [0.25, 0.3) is 0 Å². The van der Waals surface area contributed by atoms with E-state index in [2.05, 4.69) is 12.2 Å². The molecule has 0 aromatic rings. The van der Waals surface area contributed by atoms with Crippen LogP contribution < -0.4 is 5.32 Å². The van der Waals surface area contributed by atoms with Gasteiger partial charge < -0.3 is 5.32 Å². The number of hydrogen-bond donors (Lipinski definition) is 1. The first kappa shape index (κ1) is 14.6. The lowest BCUT2D eigenvalue weighted by molar-refractivity contribution is 0.391. The largest absolute Gasteiger partial charge is 0.313 e. The Hall–Kier alpha value is 0.220. The zero-order valence-corrected chi connectivity index (χ0v) is 12.7. The van der Waals surface area contributed by atoms with E-state index in [1.807, 2.05) is 11.8 Å². The molecule has 2 heterocycles. The van der Waals surface area contributed by atoms with Crippen LogP contribution in [0.3, 0.4) is 0 Å².